The summed E-state index contributed by atoms with van der Waals surface area (Å²) in [6, 6.07) is 10.1. The van der Waals surface area contributed by atoms with Gasteiger partial charge in [0.15, 0.2) is 0 Å². The van der Waals surface area contributed by atoms with Gasteiger partial charge in [0.05, 0.1) is 6.61 Å². The number of benzene rings is 1. The van der Waals surface area contributed by atoms with Crippen LogP contribution in [-0.4, -0.2) is 6.61 Å². The second-order valence-corrected chi connectivity index (χ2v) is 4.13. The SMILES string of the molecule is c1ccc(OCC2CCCCC2)cc1. The average molecular weight is 190 g/mol. The molecule has 0 unspecified atom stereocenters. The molecule has 0 atom stereocenters. The molecule has 0 aliphatic heterocycles. The summed E-state index contributed by atoms with van der Waals surface area (Å²) in [4.78, 5) is 0. The topological polar surface area (TPSA) is 9.23 Å². The monoisotopic (exact) mass is 190 g/mol. The molecular weight excluding hydrogens is 172 g/mol. The van der Waals surface area contributed by atoms with Crippen LogP contribution in [0.25, 0.3) is 0 Å². The van der Waals surface area contributed by atoms with Crippen molar-refractivity contribution in [3.05, 3.63) is 30.3 Å². The summed E-state index contributed by atoms with van der Waals surface area (Å²) in [5, 5.41) is 0. The molecule has 1 saturated carbocycles. The van der Waals surface area contributed by atoms with E-state index in [9.17, 15) is 0 Å². The van der Waals surface area contributed by atoms with Crippen LogP contribution in [0, 0.1) is 5.92 Å². The van der Waals surface area contributed by atoms with Crippen molar-refractivity contribution in [2.75, 3.05) is 6.61 Å². The molecule has 1 aliphatic rings. The van der Waals surface area contributed by atoms with Gasteiger partial charge in [-0.25, -0.2) is 0 Å². The van der Waals surface area contributed by atoms with Gasteiger partial charge in [-0.2, -0.15) is 0 Å². The standard InChI is InChI=1S/C13H18O/c1-3-7-12(8-4-1)11-14-13-9-5-2-6-10-13/h2,5-6,9-10,12H,1,3-4,7-8,11H2. The minimum absolute atomic E-state index is 0.795. The predicted octanol–water partition coefficient (Wildman–Crippen LogP) is 3.65. The molecule has 0 heterocycles. The molecule has 0 N–H and O–H groups in total. The average Bonchev–Trinajstić information content (AvgIpc) is 2.29. The molecule has 0 spiro atoms. The Bertz CT molecular complexity index is 249. The lowest BCUT2D eigenvalue weighted by molar-refractivity contribution is 0.209. The van der Waals surface area contributed by atoms with Crippen LogP contribution in [0.5, 0.6) is 5.75 Å². The molecule has 76 valence electrons. The fourth-order valence-electron chi connectivity index (χ4n) is 2.08. The van der Waals surface area contributed by atoms with Crippen LogP contribution in [0.15, 0.2) is 30.3 Å². The third-order valence-corrected chi connectivity index (χ3v) is 2.95. The molecule has 0 bridgehead atoms. The van der Waals surface area contributed by atoms with Gasteiger partial charge < -0.3 is 4.74 Å². The van der Waals surface area contributed by atoms with Crippen molar-refractivity contribution in [2.24, 2.45) is 5.92 Å². The van der Waals surface area contributed by atoms with Crippen LogP contribution in [0.4, 0.5) is 0 Å². The summed E-state index contributed by atoms with van der Waals surface area (Å²) in [5.41, 5.74) is 0. The molecule has 1 aliphatic carbocycles. The van der Waals surface area contributed by atoms with Gasteiger partial charge in [0.2, 0.25) is 0 Å². The maximum absolute atomic E-state index is 5.75. The van der Waals surface area contributed by atoms with Crippen LogP contribution in [-0.2, 0) is 0 Å². The Hall–Kier alpha value is -0.980. The maximum atomic E-state index is 5.75. The van der Waals surface area contributed by atoms with Gasteiger partial charge >= 0.3 is 0 Å². The normalized spacial score (nSPS) is 18.0. The molecule has 0 saturated heterocycles. The number of rotatable bonds is 3. The highest BCUT2D eigenvalue weighted by Gasteiger charge is 2.13. The lowest BCUT2D eigenvalue weighted by Gasteiger charge is -2.21. The highest BCUT2D eigenvalue weighted by Crippen LogP contribution is 2.24. The molecule has 0 amide bonds. The van der Waals surface area contributed by atoms with Gasteiger partial charge in [-0.1, -0.05) is 37.5 Å². The van der Waals surface area contributed by atoms with Crippen LogP contribution in [0.1, 0.15) is 32.1 Å². The largest absolute Gasteiger partial charge is 0.493 e. The van der Waals surface area contributed by atoms with Gasteiger partial charge in [-0.15, -0.1) is 0 Å². The van der Waals surface area contributed by atoms with Gasteiger partial charge in [0.1, 0.15) is 5.75 Å². The van der Waals surface area contributed by atoms with Gasteiger partial charge in [0, 0.05) is 0 Å². The van der Waals surface area contributed by atoms with Crippen molar-refractivity contribution in [1.82, 2.24) is 0 Å². The Kier molecular flexibility index (Phi) is 3.44. The zero-order valence-electron chi connectivity index (χ0n) is 8.61. The first-order valence-electron chi connectivity index (χ1n) is 5.63. The van der Waals surface area contributed by atoms with E-state index in [-0.39, 0.29) is 0 Å². The van der Waals surface area contributed by atoms with E-state index in [0.29, 0.717) is 0 Å². The van der Waals surface area contributed by atoms with Gasteiger partial charge in [-0.05, 0) is 30.9 Å². The van der Waals surface area contributed by atoms with Crippen LogP contribution >= 0.6 is 0 Å². The van der Waals surface area contributed by atoms with E-state index >= 15 is 0 Å². The highest BCUT2D eigenvalue weighted by molar-refractivity contribution is 5.20. The fraction of sp³-hybridized carbons (Fsp3) is 0.538. The number of hydrogen-bond acceptors (Lipinski definition) is 1. The third kappa shape index (κ3) is 2.76. The van der Waals surface area contributed by atoms with Crippen molar-refractivity contribution < 1.29 is 4.74 Å². The summed E-state index contributed by atoms with van der Waals surface area (Å²) in [6.45, 7) is 0.907. The smallest absolute Gasteiger partial charge is 0.119 e. The van der Waals surface area contributed by atoms with Crippen molar-refractivity contribution in [2.45, 2.75) is 32.1 Å². The van der Waals surface area contributed by atoms with Crippen molar-refractivity contribution in [1.29, 1.82) is 0 Å². The van der Waals surface area contributed by atoms with Crippen molar-refractivity contribution in [3.63, 3.8) is 0 Å². The lowest BCUT2D eigenvalue weighted by Crippen LogP contribution is -2.15. The second-order valence-electron chi connectivity index (χ2n) is 4.13. The summed E-state index contributed by atoms with van der Waals surface area (Å²) < 4.78 is 5.75. The van der Waals surface area contributed by atoms with E-state index in [1.165, 1.54) is 32.1 Å². The molecule has 14 heavy (non-hydrogen) atoms. The van der Waals surface area contributed by atoms with E-state index in [2.05, 4.69) is 0 Å². The number of ether oxygens (including phenoxy) is 1. The molecule has 0 radical (unpaired) electrons. The molecular formula is C13H18O. The first kappa shape index (κ1) is 9.57. The Morgan fingerprint density at radius 1 is 1.00 bits per heavy atom. The van der Waals surface area contributed by atoms with E-state index in [0.717, 1.165) is 18.3 Å². The van der Waals surface area contributed by atoms with Crippen LogP contribution in [0.2, 0.25) is 0 Å². The molecule has 1 fully saturated rings. The first-order chi connectivity index (χ1) is 6.95. The third-order valence-electron chi connectivity index (χ3n) is 2.95. The highest BCUT2D eigenvalue weighted by atomic mass is 16.5. The Balaban J connectivity index is 1.76. The fourth-order valence-corrected chi connectivity index (χ4v) is 2.08. The van der Waals surface area contributed by atoms with E-state index in [4.69, 9.17) is 4.74 Å². The zero-order valence-corrected chi connectivity index (χ0v) is 8.61. The Labute approximate surface area is 86.1 Å². The number of para-hydroxylation sites is 1. The van der Waals surface area contributed by atoms with Crippen LogP contribution < -0.4 is 4.74 Å². The van der Waals surface area contributed by atoms with Gasteiger partial charge in [0.25, 0.3) is 0 Å². The summed E-state index contributed by atoms with van der Waals surface area (Å²) in [6.07, 6.45) is 6.91. The molecule has 1 aromatic rings. The molecule has 1 nitrogen and oxygen atoms in total. The molecule has 1 heteroatoms. The van der Waals surface area contributed by atoms with E-state index in [1.54, 1.807) is 0 Å². The summed E-state index contributed by atoms with van der Waals surface area (Å²) >= 11 is 0. The zero-order chi connectivity index (χ0) is 9.64. The van der Waals surface area contributed by atoms with Gasteiger partial charge in [-0.3, -0.25) is 0 Å². The van der Waals surface area contributed by atoms with E-state index < -0.39 is 0 Å². The molecule has 1 aromatic carbocycles. The Morgan fingerprint density at radius 2 is 1.71 bits per heavy atom. The van der Waals surface area contributed by atoms with Crippen molar-refractivity contribution in [3.8, 4) is 5.75 Å². The molecule has 2 rings (SSSR count). The Morgan fingerprint density at radius 3 is 2.43 bits per heavy atom. The predicted molar refractivity (Wildman–Crippen MR) is 58.5 cm³/mol. The van der Waals surface area contributed by atoms with Crippen LogP contribution in [0.3, 0.4) is 0 Å². The quantitative estimate of drug-likeness (QED) is 0.707. The maximum Gasteiger partial charge on any atom is 0.119 e. The minimum atomic E-state index is 0.795. The summed E-state index contributed by atoms with van der Waals surface area (Å²) in [5.74, 6) is 1.81. The minimum Gasteiger partial charge on any atom is -0.493 e. The van der Waals surface area contributed by atoms with E-state index in [1.807, 2.05) is 30.3 Å². The lowest BCUT2D eigenvalue weighted by atomic mass is 9.90. The number of hydrogen-bond donors (Lipinski definition) is 0. The second kappa shape index (κ2) is 5.04. The summed E-state index contributed by atoms with van der Waals surface area (Å²) in [7, 11) is 0. The van der Waals surface area contributed by atoms with Crippen molar-refractivity contribution >= 4 is 0 Å². The molecule has 0 aromatic heterocycles. The first-order valence-corrected chi connectivity index (χ1v) is 5.63.